The lowest BCUT2D eigenvalue weighted by Crippen LogP contribution is -2.24. The van der Waals surface area contributed by atoms with Crippen LogP contribution in [0.2, 0.25) is 0 Å². The summed E-state index contributed by atoms with van der Waals surface area (Å²) in [6.45, 7) is 8.97. The summed E-state index contributed by atoms with van der Waals surface area (Å²) in [6.07, 6.45) is 6.15. The van der Waals surface area contributed by atoms with E-state index in [-0.39, 0.29) is 12.3 Å². The van der Waals surface area contributed by atoms with E-state index in [0.717, 1.165) is 13.0 Å². The van der Waals surface area contributed by atoms with Crippen molar-refractivity contribution in [3.05, 3.63) is 0 Å². The molecule has 0 saturated carbocycles. The van der Waals surface area contributed by atoms with E-state index in [1.807, 2.05) is 13.8 Å². The lowest BCUT2D eigenvalue weighted by molar-refractivity contribution is -0.120. The molecule has 0 atom stereocenters. The standard InChI is InChI=1S/C9H15NO.C2H6/c1-4-5-9(11)10-7-6-8(2)3;1-2/h1,8H,5-7H2,2-3H3,(H,10,11);1-2H3. The van der Waals surface area contributed by atoms with Crippen molar-refractivity contribution < 1.29 is 4.79 Å². The number of carbonyl (C=O) groups excluding carboxylic acids is 1. The monoisotopic (exact) mass is 183 g/mol. The Morgan fingerprint density at radius 2 is 2.00 bits per heavy atom. The first kappa shape index (κ1) is 14.5. The summed E-state index contributed by atoms with van der Waals surface area (Å²) < 4.78 is 0. The number of hydrogen-bond acceptors (Lipinski definition) is 1. The molecule has 76 valence electrons. The molecule has 0 rings (SSSR count). The van der Waals surface area contributed by atoms with E-state index in [4.69, 9.17) is 6.42 Å². The minimum Gasteiger partial charge on any atom is -0.355 e. The average molecular weight is 183 g/mol. The molecule has 0 fully saturated rings. The smallest absolute Gasteiger partial charge is 0.232 e. The highest BCUT2D eigenvalue weighted by molar-refractivity contribution is 5.78. The van der Waals surface area contributed by atoms with Crippen LogP contribution in [0.4, 0.5) is 0 Å². The Morgan fingerprint density at radius 1 is 1.46 bits per heavy atom. The Kier molecular flexibility index (Phi) is 12.3. The maximum Gasteiger partial charge on any atom is 0.232 e. The van der Waals surface area contributed by atoms with E-state index in [2.05, 4.69) is 25.1 Å². The fourth-order valence-corrected chi connectivity index (χ4v) is 0.655. The van der Waals surface area contributed by atoms with E-state index >= 15 is 0 Å². The molecular formula is C11H21NO. The highest BCUT2D eigenvalue weighted by atomic mass is 16.1. The Morgan fingerprint density at radius 3 is 2.38 bits per heavy atom. The second-order valence-electron chi connectivity index (χ2n) is 2.91. The summed E-state index contributed by atoms with van der Waals surface area (Å²) in [5.74, 6) is 2.87. The van der Waals surface area contributed by atoms with Gasteiger partial charge in [-0.1, -0.05) is 33.6 Å². The van der Waals surface area contributed by atoms with Crippen molar-refractivity contribution in [2.45, 2.75) is 40.5 Å². The van der Waals surface area contributed by atoms with Crippen molar-refractivity contribution in [1.29, 1.82) is 0 Å². The number of nitrogens with one attached hydrogen (secondary N) is 1. The number of rotatable bonds is 4. The van der Waals surface area contributed by atoms with E-state index in [9.17, 15) is 4.79 Å². The predicted molar refractivity (Wildman–Crippen MR) is 57.3 cm³/mol. The SMILES string of the molecule is C#CCC(=O)NCCC(C)C.CC. The van der Waals surface area contributed by atoms with E-state index < -0.39 is 0 Å². The van der Waals surface area contributed by atoms with Crippen LogP contribution >= 0.6 is 0 Å². The molecule has 0 aromatic carbocycles. The molecule has 0 aromatic rings. The van der Waals surface area contributed by atoms with Crippen LogP contribution < -0.4 is 5.32 Å². The van der Waals surface area contributed by atoms with Gasteiger partial charge in [0.1, 0.15) is 0 Å². The van der Waals surface area contributed by atoms with Crippen LogP contribution in [0.1, 0.15) is 40.5 Å². The summed E-state index contributed by atoms with van der Waals surface area (Å²) in [5.41, 5.74) is 0. The third-order valence-corrected chi connectivity index (χ3v) is 1.31. The zero-order chi connectivity index (χ0) is 10.7. The highest BCUT2D eigenvalue weighted by Crippen LogP contribution is 1.96. The second-order valence-corrected chi connectivity index (χ2v) is 2.91. The summed E-state index contributed by atoms with van der Waals surface area (Å²) in [4.78, 5) is 10.8. The molecule has 0 bridgehead atoms. The van der Waals surface area contributed by atoms with Crippen molar-refractivity contribution in [1.82, 2.24) is 5.32 Å². The average Bonchev–Trinajstić information content (AvgIpc) is 2.08. The van der Waals surface area contributed by atoms with Crippen molar-refractivity contribution in [2.75, 3.05) is 6.54 Å². The Labute approximate surface area is 82.1 Å². The molecule has 2 heteroatoms. The summed E-state index contributed by atoms with van der Waals surface area (Å²) >= 11 is 0. The fraction of sp³-hybridized carbons (Fsp3) is 0.727. The molecular weight excluding hydrogens is 162 g/mol. The van der Waals surface area contributed by atoms with Gasteiger partial charge >= 0.3 is 0 Å². The molecule has 0 heterocycles. The topological polar surface area (TPSA) is 29.1 Å². The van der Waals surface area contributed by atoms with Crippen LogP contribution in [0.15, 0.2) is 0 Å². The number of amides is 1. The number of carbonyl (C=O) groups is 1. The van der Waals surface area contributed by atoms with Crippen LogP contribution in [0.5, 0.6) is 0 Å². The van der Waals surface area contributed by atoms with Crippen molar-refractivity contribution in [3.63, 3.8) is 0 Å². The maximum atomic E-state index is 10.8. The first-order valence-electron chi connectivity index (χ1n) is 4.87. The molecule has 0 radical (unpaired) electrons. The Balaban J connectivity index is 0. The summed E-state index contributed by atoms with van der Waals surface area (Å²) in [5, 5.41) is 2.73. The van der Waals surface area contributed by atoms with Gasteiger partial charge in [-0.2, -0.15) is 0 Å². The first-order valence-corrected chi connectivity index (χ1v) is 4.87. The number of terminal acetylenes is 1. The van der Waals surface area contributed by atoms with Crippen molar-refractivity contribution >= 4 is 5.91 Å². The molecule has 0 saturated heterocycles. The zero-order valence-electron chi connectivity index (χ0n) is 9.18. The van der Waals surface area contributed by atoms with Gasteiger partial charge < -0.3 is 5.32 Å². The Bertz CT molecular complexity index is 156. The van der Waals surface area contributed by atoms with Gasteiger partial charge in [0.2, 0.25) is 5.91 Å². The third-order valence-electron chi connectivity index (χ3n) is 1.31. The van der Waals surface area contributed by atoms with Crippen LogP contribution in [0.3, 0.4) is 0 Å². The molecule has 0 spiro atoms. The van der Waals surface area contributed by atoms with E-state index in [0.29, 0.717) is 5.92 Å². The molecule has 13 heavy (non-hydrogen) atoms. The van der Waals surface area contributed by atoms with Gasteiger partial charge in [-0.25, -0.2) is 0 Å². The minimum atomic E-state index is -0.0480. The molecule has 2 nitrogen and oxygen atoms in total. The van der Waals surface area contributed by atoms with Gasteiger partial charge in [0, 0.05) is 6.54 Å². The van der Waals surface area contributed by atoms with Crippen LogP contribution in [-0.4, -0.2) is 12.5 Å². The molecule has 1 amide bonds. The predicted octanol–water partition coefficient (Wildman–Crippen LogP) is 2.20. The van der Waals surface area contributed by atoms with Gasteiger partial charge in [-0.3, -0.25) is 4.79 Å². The van der Waals surface area contributed by atoms with Crippen LogP contribution in [0, 0.1) is 18.3 Å². The quantitative estimate of drug-likeness (QED) is 0.665. The van der Waals surface area contributed by atoms with Gasteiger partial charge in [0.05, 0.1) is 6.42 Å². The van der Waals surface area contributed by atoms with Gasteiger partial charge in [-0.15, -0.1) is 6.42 Å². The van der Waals surface area contributed by atoms with Crippen LogP contribution in [-0.2, 0) is 4.79 Å². The van der Waals surface area contributed by atoms with Gasteiger partial charge in [0.25, 0.3) is 0 Å². The summed E-state index contributed by atoms with van der Waals surface area (Å²) in [7, 11) is 0. The largest absolute Gasteiger partial charge is 0.355 e. The Hall–Kier alpha value is -0.970. The zero-order valence-corrected chi connectivity index (χ0v) is 9.18. The van der Waals surface area contributed by atoms with Gasteiger partial charge in [-0.05, 0) is 12.3 Å². The third kappa shape index (κ3) is 13.9. The van der Waals surface area contributed by atoms with E-state index in [1.54, 1.807) is 0 Å². The molecule has 1 N–H and O–H groups in total. The van der Waals surface area contributed by atoms with Crippen molar-refractivity contribution in [2.24, 2.45) is 5.92 Å². The maximum absolute atomic E-state index is 10.8. The molecule has 0 aromatic heterocycles. The lowest BCUT2D eigenvalue weighted by atomic mass is 10.1. The van der Waals surface area contributed by atoms with Crippen LogP contribution in [0.25, 0.3) is 0 Å². The molecule has 0 aliphatic carbocycles. The first-order chi connectivity index (χ1) is 6.16. The number of hydrogen-bond donors (Lipinski definition) is 1. The minimum absolute atomic E-state index is 0.0480. The van der Waals surface area contributed by atoms with E-state index in [1.165, 1.54) is 0 Å². The lowest BCUT2D eigenvalue weighted by Gasteiger charge is -2.04. The molecule has 0 aliphatic heterocycles. The molecule has 0 aliphatic rings. The van der Waals surface area contributed by atoms with Crippen molar-refractivity contribution in [3.8, 4) is 12.3 Å². The second kappa shape index (κ2) is 11.0. The van der Waals surface area contributed by atoms with Gasteiger partial charge in [0.15, 0.2) is 0 Å². The highest BCUT2D eigenvalue weighted by Gasteiger charge is 1.97. The summed E-state index contributed by atoms with van der Waals surface area (Å²) in [6, 6.07) is 0. The fourth-order valence-electron chi connectivity index (χ4n) is 0.655. The molecule has 0 unspecified atom stereocenters. The normalized spacial score (nSPS) is 8.31.